The van der Waals surface area contributed by atoms with Gasteiger partial charge < -0.3 is 10.1 Å². The molecule has 0 radical (unpaired) electrons. The quantitative estimate of drug-likeness (QED) is 0.753. The van der Waals surface area contributed by atoms with Crippen LogP contribution >= 0.6 is 0 Å². The molecule has 4 heterocycles. The maximum atomic E-state index is 11.6. The van der Waals surface area contributed by atoms with Gasteiger partial charge in [-0.15, -0.1) is 0 Å². The van der Waals surface area contributed by atoms with Gasteiger partial charge >= 0.3 is 0 Å². The Morgan fingerprint density at radius 2 is 2.00 bits per heavy atom. The smallest absolute Gasteiger partial charge is 0.220 e. The first-order valence-electron chi connectivity index (χ1n) is 9.69. The van der Waals surface area contributed by atoms with Crippen molar-refractivity contribution < 1.29 is 9.53 Å². The van der Waals surface area contributed by atoms with Gasteiger partial charge in [-0.2, -0.15) is 10.2 Å². The first-order valence-corrected chi connectivity index (χ1v) is 9.69. The molecule has 1 unspecified atom stereocenters. The van der Waals surface area contributed by atoms with Gasteiger partial charge in [-0.05, 0) is 46.2 Å². The van der Waals surface area contributed by atoms with Crippen LogP contribution in [-0.2, 0) is 10.3 Å². The van der Waals surface area contributed by atoms with E-state index in [0.29, 0.717) is 13.0 Å². The van der Waals surface area contributed by atoms with Gasteiger partial charge in [-0.1, -0.05) is 0 Å². The number of rotatable bonds is 4. The van der Waals surface area contributed by atoms with E-state index in [4.69, 9.17) is 4.74 Å². The first kappa shape index (κ1) is 18.5. The molecule has 1 aliphatic heterocycles. The Morgan fingerprint density at radius 3 is 2.64 bits per heavy atom. The van der Waals surface area contributed by atoms with Crippen molar-refractivity contribution in [3.05, 3.63) is 36.4 Å². The molecular weight excluding hydrogens is 354 g/mol. The van der Waals surface area contributed by atoms with E-state index < -0.39 is 0 Å². The van der Waals surface area contributed by atoms with Crippen LogP contribution < -0.4 is 10.1 Å². The molecule has 1 aliphatic rings. The SMILES string of the molecule is Cc1cnn2cc(-c3cnn(C(C)(C)C)c3)cc(O[C@H](C)C3CNC(=O)C3)c12. The second-order valence-corrected chi connectivity index (χ2v) is 8.65. The molecule has 0 aromatic carbocycles. The summed E-state index contributed by atoms with van der Waals surface area (Å²) in [5.74, 6) is 1.04. The predicted molar refractivity (Wildman–Crippen MR) is 107 cm³/mol. The molecular formula is C21H27N5O2. The zero-order valence-electron chi connectivity index (χ0n) is 17.1. The fraction of sp³-hybridized carbons (Fsp3) is 0.476. The molecule has 4 rings (SSSR count). The molecule has 0 bridgehead atoms. The average molecular weight is 381 g/mol. The number of carbonyl (C=O) groups is 1. The van der Waals surface area contributed by atoms with E-state index in [1.165, 1.54) is 0 Å². The zero-order chi connectivity index (χ0) is 20.1. The topological polar surface area (TPSA) is 73.5 Å². The number of nitrogens with zero attached hydrogens (tertiary/aromatic N) is 4. The normalized spacial score (nSPS) is 18.5. The van der Waals surface area contributed by atoms with Crippen LogP contribution in [0.4, 0.5) is 0 Å². The van der Waals surface area contributed by atoms with E-state index in [1.807, 2.05) is 47.8 Å². The fourth-order valence-electron chi connectivity index (χ4n) is 3.57. The zero-order valence-corrected chi connectivity index (χ0v) is 17.1. The van der Waals surface area contributed by atoms with Crippen LogP contribution in [0.2, 0.25) is 0 Å². The van der Waals surface area contributed by atoms with E-state index in [1.54, 1.807) is 0 Å². The van der Waals surface area contributed by atoms with Gasteiger partial charge in [0.2, 0.25) is 5.91 Å². The highest BCUT2D eigenvalue weighted by molar-refractivity contribution is 5.78. The van der Waals surface area contributed by atoms with Crippen LogP contribution in [0.25, 0.3) is 16.6 Å². The Bertz CT molecular complexity index is 1030. The second kappa shape index (κ2) is 6.65. The van der Waals surface area contributed by atoms with Crippen molar-refractivity contribution in [2.75, 3.05) is 6.54 Å². The summed E-state index contributed by atoms with van der Waals surface area (Å²) in [5.41, 5.74) is 3.94. The van der Waals surface area contributed by atoms with Crippen LogP contribution in [0.3, 0.4) is 0 Å². The summed E-state index contributed by atoms with van der Waals surface area (Å²) in [4.78, 5) is 11.6. The summed E-state index contributed by atoms with van der Waals surface area (Å²) in [6, 6.07) is 2.05. The van der Waals surface area contributed by atoms with E-state index >= 15 is 0 Å². The molecule has 1 N–H and O–H groups in total. The number of aromatic nitrogens is 4. The Kier molecular flexibility index (Phi) is 4.40. The van der Waals surface area contributed by atoms with Gasteiger partial charge in [0.25, 0.3) is 0 Å². The molecule has 0 saturated carbocycles. The lowest BCUT2D eigenvalue weighted by Gasteiger charge is -2.21. The molecule has 7 nitrogen and oxygen atoms in total. The summed E-state index contributed by atoms with van der Waals surface area (Å²) >= 11 is 0. The highest BCUT2D eigenvalue weighted by Gasteiger charge is 2.28. The van der Waals surface area contributed by atoms with Crippen molar-refractivity contribution in [3.8, 4) is 16.9 Å². The molecule has 0 aliphatic carbocycles. The number of nitrogens with one attached hydrogen (secondary N) is 1. The number of ether oxygens (including phenoxy) is 1. The third-order valence-corrected chi connectivity index (χ3v) is 5.35. The Labute approximate surface area is 164 Å². The van der Waals surface area contributed by atoms with Crippen molar-refractivity contribution >= 4 is 11.4 Å². The third-order valence-electron chi connectivity index (χ3n) is 5.35. The van der Waals surface area contributed by atoms with Gasteiger partial charge in [-0.3, -0.25) is 9.48 Å². The molecule has 3 aromatic heterocycles. The number of hydrogen-bond acceptors (Lipinski definition) is 4. The van der Waals surface area contributed by atoms with Gasteiger partial charge in [0.05, 0.1) is 17.9 Å². The maximum Gasteiger partial charge on any atom is 0.220 e. The van der Waals surface area contributed by atoms with Crippen LogP contribution in [0.15, 0.2) is 30.9 Å². The number of fused-ring (bicyclic) bond motifs is 1. The minimum Gasteiger partial charge on any atom is -0.488 e. The van der Waals surface area contributed by atoms with Gasteiger partial charge in [-0.25, -0.2) is 4.52 Å². The molecule has 3 aromatic rings. The molecule has 28 heavy (non-hydrogen) atoms. The Balaban J connectivity index is 1.72. The van der Waals surface area contributed by atoms with E-state index in [0.717, 1.165) is 28.0 Å². The number of pyridine rings is 1. The predicted octanol–water partition coefficient (Wildman–Crippen LogP) is 3.16. The lowest BCUT2D eigenvalue weighted by atomic mass is 10.0. The van der Waals surface area contributed by atoms with Gasteiger partial charge in [0.15, 0.2) is 0 Å². The molecule has 148 valence electrons. The third kappa shape index (κ3) is 3.37. The number of amides is 1. The Hall–Kier alpha value is -2.83. The van der Waals surface area contributed by atoms with Crippen LogP contribution in [0.5, 0.6) is 5.75 Å². The van der Waals surface area contributed by atoms with Crippen molar-refractivity contribution in [2.45, 2.75) is 52.7 Å². The number of hydrogen-bond donors (Lipinski definition) is 1. The standard InChI is InChI=1S/C21H27N5O2/c1-13-8-23-25-11-16(17-10-24-26(12-17)21(3,4)5)6-18(20(13)25)28-14(2)15-7-19(27)22-9-15/h6,8,10-12,14-15H,7,9H2,1-5H3,(H,22,27)/t14-,15?/m1/s1. The van der Waals surface area contributed by atoms with Crippen LogP contribution in [0.1, 0.15) is 39.7 Å². The Morgan fingerprint density at radius 1 is 1.21 bits per heavy atom. The molecule has 1 fully saturated rings. The average Bonchev–Trinajstić information content (AvgIpc) is 3.34. The van der Waals surface area contributed by atoms with Crippen molar-refractivity contribution in [2.24, 2.45) is 5.92 Å². The second-order valence-electron chi connectivity index (χ2n) is 8.65. The fourth-order valence-corrected chi connectivity index (χ4v) is 3.57. The summed E-state index contributed by atoms with van der Waals surface area (Å²) < 4.78 is 10.2. The molecule has 7 heteroatoms. The highest BCUT2D eigenvalue weighted by Crippen LogP contribution is 2.32. The minimum absolute atomic E-state index is 0.0791. The summed E-state index contributed by atoms with van der Waals surface area (Å²) in [6.45, 7) is 11.1. The molecule has 1 saturated heterocycles. The van der Waals surface area contributed by atoms with Gasteiger partial charge in [0.1, 0.15) is 17.4 Å². The van der Waals surface area contributed by atoms with Crippen LogP contribution in [-0.4, -0.2) is 38.0 Å². The van der Waals surface area contributed by atoms with E-state index in [9.17, 15) is 4.79 Å². The lowest BCUT2D eigenvalue weighted by Crippen LogP contribution is -2.25. The molecule has 0 spiro atoms. The van der Waals surface area contributed by atoms with Crippen molar-refractivity contribution in [1.29, 1.82) is 0 Å². The van der Waals surface area contributed by atoms with E-state index in [-0.39, 0.29) is 23.5 Å². The van der Waals surface area contributed by atoms with E-state index in [2.05, 4.69) is 42.4 Å². The lowest BCUT2D eigenvalue weighted by molar-refractivity contribution is -0.119. The maximum absolute atomic E-state index is 11.6. The van der Waals surface area contributed by atoms with Crippen molar-refractivity contribution in [3.63, 3.8) is 0 Å². The first-order chi connectivity index (χ1) is 13.2. The largest absolute Gasteiger partial charge is 0.488 e. The van der Waals surface area contributed by atoms with Gasteiger partial charge in [0, 0.05) is 42.4 Å². The van der Waals surface area contributed by atoms with Crippen molar-refractivity contribution in [1.82, 2.24) is 24.7 Å². The monoisotopic (exact) mass is 381 g/mol. The molecule has 2 atom stereocenters. The number of aryl methyl sites for hydroxylation is 1. The van der Waals surface area contributed by atoms with Crippen LogP contribution in [0, 0.1) is 12.8 Å². The summed E-state index contributed by atoms with van der Waals surface area (Å²) in [7, 11) is 0. The summed E-state index contributed by atoms with van der Waals surface area (Å²) in [5, 5.41) is 11.9. The highest BCUT2D eigenvalue weighted by atomic mass is 16.5. The summed E-state index contributed by atoms with van der Waals surface area (Å²) in [6.07, 6.45) is 8.19. The minimum atomic E-state index is -0.0828. The number of carbonyl (C=O) groups excluding carboxylic acids is 1. The molecule has 1 amide bonds.